The second kappa shape index (κ2) is 9.30. The number of aryl methyl sites for hydroxylation is 1. The van der Waals surface area contributed by atoms with E-state index < -0.39 is 0 Å². The van der Waals surface area contributed by atoms with Crippen LogP contribution in [-0.4, -0.2) is 49.1 Å². The lowest BCUT2D eigenvalue weighted by Crippen LogP contribution is -2.41. The van der Waals surface area contributed by atoms with E-state index in [2.05, 4.69) is 17.4 Å². The van der Waals surface area contributed by atoms with Gasteiger partial charge in [0.05, 0.1) is 0 Å². The number of hydrogen-bond donors (Lipinski definition) is 1. The number of nitrogens with zero attached hydrogens (tertiary/aromatic N) is 1. The molecule has 2 amide bonds. The van der Waals surface area contributed by atoms with Crippen molar-refractivity contribution >= 4 is 11.8 Å². The Kier molecular flexibility index (Phi) is 7.07. The largest absolute Gasteiger partial charge is 0.368 e. The summed E-state index contributed by atoms with van der Waals surface area (Å²) < 4.78 is 5.34. The fraction of sp³-hybridized carbons (Fsp3) is 0.556. The van der Waals surface area contributed by atoms with Crippen LogP contribution >= 0.6 is 0 Å². The Morgan fingerprint density at radius 2 is 2.04 bits per heavy atom. The predicted molar refractivity (Wildman–Crippen MR) is 89.0 cm³/mol. The number of ether oxygens (including phenoxy) is 1. The zero-order chi connectivity index (χ0) is 16.5. The van der Waals surface area contributed by atoms with Crippen molar-refractivity contribution in [1.82, 2.24) is 10.2 Å². The van der Waals surface area contributed by atoms with Crippen molar-refractivity contribution in [2.75, 3.05) is 26.2 Å². The van der Waals surface area contributed by atoms with E-state index >= 15 is 0 Å². The highest BCUT2D eigenvalue weighted by atomic mass is 16.5. The third-order valence-corrected chi connectivity index (χ3v) is 4.08. The minimum Gasteiger partial charge on any atom is -0.368 e. The van der Waals surface area contributed by atoms with Gasteiger partial charge in [-0.3, -0.25) is 9.59 Å². The first-order chi connectivity index (χ1) is 11.2. The molecule has 0 aliphatic carbocycles. The molecule has 126 valence electrons. The van der Waals surface area contributed by atoms with E-state index in [-0.39, 0.29) is 17.9 Å². The van der Waals surface area contributed by atoms with Crippen molar-refractivity contribution in [3.8, 4) is 0 Å². The smallest absolute Gasteiger partial charge is 0.249 e. The van der Waals surface area contributed by atoms with Crippen LogP contribution in [0.5, 0.6) is 0 Å². The van der Waals surface area contributed by atoms with E-state index in [1.165, 1.54) is 5.56 Å². The molecule has 5 nitrogen and oxygen atoms in total. The van der Waals surface area contributed by atoms with Crippen molar-refractivity contribution in [3.63, 3.8) is 0 Å². The van der Waals surface area contributed by atoms with Crippen LogP contribution in [0.3, 0.4) is 0 Å². The molecule has 1 aliphatic rings. The van der Waals surface area contributed by atoms with Gasteiger partial charge in [-0.05, 0) is 31.2 Å². The fourth-order valence-corrected chi connectivity index (χ4v) is 2.76. The molecule has 1 aromatic carbocycles. The Balaban J connectivity index is 1.67. The summed E-state index contributed by atoms with van der Waals surface area (Å²) in [7, 11) is 0. The van der Waals surface area contributed by atoms with Gasteiger partial charge in [0.2, 0.25) is 11.8 Å². The summed E-state index contributed by atoms with van der Waals surface area (Å²) in [5, 5.41) is 2.86. The Morgan fingerprint density at radius 3 is 2.70 bits per heavy atom. The molecule has 1 aliphatic heterocycles. The molecule has 5 heteroatoms. The number of benzene rings is 1. The predicted octanol–water partition coefficient (Wildman–Crippen LogP) is 1.76. The average Bonchev–Trinajstić information content (AvgIpc) is 3.08. The van der Waals surface area contributed by atoms with Gasteiger partial charge in [-0.15, -0.1) is 0 Å². The van der Waals surface area contributed by atoms with Gasteiger partial charge in [0.25, 0.3) is 0 Å². The Hall–Kier alpha value is -1.88. The summed E-state index contributed by atoms with van der Waals surface area (Å²) in [5.41, 5.74) is 1.28. The van der Waals surface area contributed by atoms with Gasteiger partial charge in [-0.2, -0.15) is 0 Å². The minimum absolute atomic E-state index is 0.0458. The second-order valence-corrected chi connectivity index (χ2v) is 5.89. The molecule has 0 saturated carbocycles. The molecule has 0 spiro atoms. The van der Waals surface area contributed by atoms with Gasteiger partial charge in [0, 0.05) is 33.2 Å². The normalized spacial score (nSPS) is 17.0. The lowest BCUT2D eigenvalue weighted by atomic mass is 10.1. The zero-order valence-electron chi connectivity index (χ0n) is 13.8. The summed E-state index contributed by atoms with van der Waals surface area (Å²) in [5.74, 6) is -0.0142. The lowest BCUT2D eigenvalue weighted by Gasteiger charge is -2.21. The third-order valence-electron chi connectivity index (χ3n) is 4.08. The SMILES string of the molecule is CC(=O)N(CCCc1ccccc1)CCNC(=O)C1CCCO1. The van der Waals surface area contributed by atoms with Crippen LogP contribution in [0.4, 0.5) is 0 Å². The van der Waals surface area contributed by atoms with Gasteiger partial charge in [0.15, 0.2) is 0 Å². The summed E-state index contributed by atoms with van der Waals surface area (Å²) in [4.78, 5) is 25.4. The summed E-state index contributed by atoms with van der Waals surface area (Å²) in [6, 6.07) is 10.2. The number of nitrogens with one attached hydrogen (secondary N) is 1. The summed E-state index contributed by atoms with van der Waals surface area (Å²) >= 11 is 0. The molecular weight excluding hydrogens is 292 g/mol. The van der Waals surface area contributed by atoms with Crippen LogP contribution in [-0.2, 0) is 20.7 Å². The zero-order valence-corrected chi connectivity index (χ0v) is 13.8. The van der Waals surface area contributed by atoms with Crippen LogP contribution in [0.25, 0.3) is 0 Å². The van der Waals surface area contributed by atoms with E-state index in [0.717, 1.165) is 25.7 Å². The van der Waals surface area contributed by atoms with Crippen LogP contribution in [0, 0.1) is 0 Å². The quantitative estimate of drug-likeness (QED) is 0.794. The second-order valence-electron chi connectivity index (χ2n) is 5.89. The molecule has 1 saturated heterocycles. The van der Waals surface area contributed by atoms with Crippen molar-refractivity contribution in [3.05, 3.63) is 35.9 Å². The van der Waals surface area contributed by atoms with Crippen molar-refractivity contribution in [2.24, 2.45) is 0 Å². The van der Waals surface area contributed by atoms with E-state index in [0.29, 0.717) is 26.2 Å². The van der Waals surface area contributed by atoms with Gasteiger partial charge in [-0.25, -0.2) is 0 Å². The first-order valence-electron chi connectivity index (χ1n) is 8.35. The molecule has 0 aromatic heterocycles. The lowest BCUT2D eigenvalue weighted by molar-refractivity contribution is -0.132. The maximum absolute atomic E-state index is 11.9. The van der Waals surface area contributed by atoms with E-state index in [4.69, 9.17) is 4.74 Å². The third kappa shape index (κ3) is 6.02. The summed E-state index contributed by atoms with van der Waals surface area (Å²) in [6.07, 6.45) is 3.30. The van der Waals surface area contributed by atoms with Crippen molar-refractivity contribution in [1.29, 1.82) is 0 Å². The monoisotopic (exact) mass is 318 g/mol. The highest BCUT2D eigenvalue weighted by molar-refractivity contribution is 5.81. The fourth-order valence-electron chi connectivity index (χ4n) is 2.76. The number of amides is 2. The van der Waals surface area contributed by atoms with E-state index in [9.17, 15) is 9.59 Å². The molecule has 23 heavy (non-hydrogen) atoms. The van der Waals surface area contributed by atoms with Crippen LogP contribution < -0.4 is 5.32 Å². The summed E-state index contributed by atoms with van der Waals surface area (Å²) in [6.45, 7) is 3.97. The number of hydrogen-bond acceptors (Lipinski definition) is 3. The minimum atomic E-state index is -0.307. The molecule has 1 unspecified atom stereocenters. The number of carbonyl (C=O) groups excluding carboxylic acids is 2. The van der Waals surface area contributed by atoms with Gasteiger partial charge in [-0.1, -0.05) is 30.3 Å². The highest BCUT2D eigenvalue weighted by Gasteiger charge is 2.23. The molecule has 1 N–H and O–H groups in total. The molecule has 0 bridgehead atoms. The molecule has 1 heterocycles. The molecule has 1 atom stereocenters. The average molecular weight is 318 g/mol. The van der Waals surface area contributed by atoms with E-state index in [1.54, 1.807) is 11.8 Å². The first-order valence-corrected chi connectivity index (χ1v) is 8.35. The molecular formula is C18H26N2O3. The Bertz CT molecular complexity index is 498. The Labute approximate surface area is 138 Å². The molecule has 0 radical (unpaired) electrons. The van der Waals surface area contributed by atoms with E-state index in [1.807, 2.05) is 18.2 Å². The maximum Gasteiger partial charge on any atom is 0.249 e. The van der Waals surface area contributed by atoms with Crippen molar-refractivity contribution in [2.45, 2.75) is 38.7 Å². The molecule has 1 aromatic rings. The van der Waals surface area contributed by atoms with Gasteiger partial charge < -0.3 is 15.0 Å². The number of carbonyl (C=O) groups is 2. The Morgan fingerprint density at radius 1 is 1.26 bits per heavy atom. The number of rotatable bonds is 8. The molecule has 2 rings (SSSR count). The molecule has 1 fully saturated rings. The topological polar surface area (TPSA) is 58.6 Å². The first kappa shape index (κ1) is 17.5. The van der Waals surface area contributed by atoms with Gasteiger partial charge >= 0.3 is 0 Å². The standard InChI is InChI=1S/C18H26N2O3/c1-15(21)20(12-5-9-16-7-3-2-4-8-16)13-11-19-18(22)17-10-6-14-23-17/h2-4,7-8,17H,5-6,9-14H2,1H3,(H,19,22). The van der Waals surface area contributed by atoms with Crippen LogP contribution in [0.15, 0.2) is 30.3 Å². The van der Waals surface area contributed by atoms with Gasteiger partial charge in [0.1, 0.15) is 6.10 Å². The highest BCUT2D eigenvalue weighted by Crippen LogP contribution is 2.11. The van der Waals surface area contributed by atoms with Crippen molar-refractivity contribution < 1.29 is 14.3 Å². The van der Waals surface area contributed by atoms with Crippen LogP contribution in [0.1, 0.15) is 31.7 Å². The van der Waals surface area contributed by atoms with Crippen LogP contribution in [0.2, 0.25) is 0 Å². The maximum atomic E-state index is 11.9.